The number of nitrogens with two attached hydrogens (primary N) is 1. The number of aromatic nitrogens is 1. The van der Waals surface area contributed by atoms with Crippen LogP contribution in [0, 0.1) is 11.3 Å². The Morgan fingerprint density at radius 1 is 1.64 bits per heavy atom. The van der Waals surface area contributed by atoms with Crippen molar-refractivity contribution in [3.05, 3.63) is 33.2 Å². The highest BCUT2D eigenvalue weighted by Crippen LogP contribution is 2.16. The van der Waals surface area contributed by atoms with E-state index >= 15 is 0 Å². The van der Waals surface area contributed by atoms with Gasteiger partial charge in [0, 0.05) is 12.2 Å². The van der Waals surface area contributed by atoms with Crippen LogP contribution in [-0.2, 0) is 6.54 Å². The Bertz CT molecular complexity index is 433. The minimum absolute atomic E-state index is 0.0256. The van der Waals surface area contributed by atoms with E-state index in [2.05, 4.69) is 4.98 Å². The van der Waals surface area contributed by atoms with Crippen molar-refractivity contribution in [2.24, 2.45) is 5.73 Å². The van der Waals surface area contributed by atoms with Crippen LogP contribution in [0.3, 0.4) is 0 Å². The number of aromatic amines is 1. The van der Waals surface area contributed by atoms with E-state index in [0.29, 0.717) is 0 Å². The number of nitriles is 1. The van der Waals surface area contributed by atoms with Crippen molar-refractivity contribution < 1.29 is 8.78 Å². The summed E-state index contributed by atoms with van der Waals surface area (Å²) >= 11 is 0. The van der Waals surface area contributed by atoms with Gasteiger partial charge in [-0.05, 0) is 6.07 Å². The Morgan fingerprint density at radius 2 is 2.29 bits per heavy atom. The van der Waals surface area contributed by atoms with Gasteiger partial charge < -0.3 is 10.7 Å². The number of halogens is 2. The fourth-order valence-electron chi connectivity index (χ4n) is 1.01. The zero-order valence-electron chi connectivity index (χ0n) is 7.05. The standard InChI is InChI=1S/C8H7F2N3O/c9-7(10)5-1-4(2-11)6(3-12)13-8(5)14/h1,7H,3,12H2,(H,13,14). The predicted molar refractivity (Wildman–Crippen MR) is 44.6 cm³/mol. The molecule has 0 aliphatic carbocycles. The summed E-state index contributed by atoms with van der Waals surface area (Å²) in [6.45, 7) is -0.0678. The van der Waals surface area contributed by atoms with E-state index in [1.165, 1.54) is 0 Å². The molecule has 4 nitrogen and oxygen atoms in total. The van der Waals surface area contributed by atoms with Crippen LogP contribution in [0.5, 0.6) is 0 Å². The van der Waals surface area contributed by atoms with Crippen molar-refractivity contribution in [2.45, 2.75) is 13.0 Å². The second-order valence-corrected chi connectivity index (χ2v) is 2.56. The first-order chi connectivity index (χ1) is 6.60. The second-order valence-electron chi connectivity index (χ2n) is 2.56. The summed E-state index contributed by atoms with van der Waals surface area (Å²) in [5.74, 6) is 0. The predicted octanol–water partition coefficient (Wildman–Crippen LogP) is 0.643. The third-order valence-electron chi connectivity index (χ3n) is 1.71. The number of hydrogen-bond donors (Lipinski definition) is 2. The summed E-state index contributed by atoms with van der Waals surface area (Å²) in [4.78, 5) is 13.2. The quantitative estimate of drug-likeness (QED) is 0.733. The zero-order chi connectivity index (χ0) is 10.7. The van der Waals surface area contributed by atoms with Crippen molar-refractivity contribution in [1.29, 1.82) is 5.26 Å². The second kappa shape index (κ2) is 3.98. The fraction of sp³-hybridized carbons (Fsp3) is 0.250. The molecule has 0 aliphatic heterocycles. The van der Waals surface area contributed by atoms with Crippen LogP contribution in [0.15, 0.2) is 10.9 Å². The first-order valence-corrected chi connectivity index (χ1v) is 3.74. The zero-order valence-corrected chi connectivity index (χ0v) is 7.05. The molecular formula is C8H7F2N3O. The minimum Gasteiger partial charge on any atom is -0.325 e. The molecule has 0 spiro atoms. The molecule has 0 aromatic carbocycles. The van der Waals surface area contributed by atoms with Gasteiger partial charge >= 0.3 is 0 Å². The van der Waals surface area contributed by atoms with E-state index in [1.807, 2.05) is 0 Å². The molecule has 0 aliphatic rings. The molecule has 0 amide bonds. The lowest BCUT2D eigenvalue weighted by atomic mass is 10.1. The monoisotopic (exact) mass is 199 g/mol. The van der Waals surface area contributed by atoms with Gasteiger partial charge in [-0.25, -0.2) is 8.78 Å². The number of hydrogen-bond acceptors (Lipinski definition) is 3. The molecule has 0 bridgehead atoms. The number of H-pyrrole nitrogens is 1. The van der Waals surface area contributed by atoms with Crippen molar-refractivity contribution in [3.8, 4) is 6.07 Å². The minimum atomic E-state index is -2.89. The van der Waals surface area contributed by atoms with Crippen LogP contribution in [0.25, 0.3) is 0 Å². The Morgan fingerprint density at radius 3 is 2.71 bits per heavy atom. The van der Waals surface area contributed by atoms with Crippen molar-refractivity contribution in [1.82, 2.24) is 4.98 Å². The highest BCUT2D eigenvalue weighted by atomic mass is 19.3. The van der Waals surface area contributed by atoms with Gasteiger partial charge in [0.1, 0.15) is 6.07 Å². The van der Waals surface area contributed by atoms with E-state index in [4.69, 9.17) is 11.0 Å². The van der Waals surface area contributed by atoms with Gasteiger partial charge in [-0.1, -0.05) is 0 Å². The molecule has 74 valence electrons. The molecule has 0 saturated heterocycles. The molecular weight excluding hydrogens is 192 g/mol. The molecule has 6 heteroatoms. The summed E-state index contributed by atoms with van der Waals surface area (Å²) < 4.78 is 24.4. The van der Waals surface area contributed by atoms with Crippen molar-refractivity contribution >= 4 is 0 Å². The Kier molecular flexibility index (Phi) is 2.94. The third-order valence-corrected chi connectivity index (χ3v) is 1.71. The molecule has 0 radical (unpaired) electrons. The molecule has 1 aromatic heterocycles. The fourth-order valence-corrected chi connectivity index (χ4v) is 1.01. The Balaban J connectivity index is 3.40. The molecule has 1 aromatic rings. The van der Waals surface area contributed by atoms with E-state index < -0.39 is 17.5 Å². The molecule has 0 atom stereocenters. The van der Waals surface area contributed by atoms with Crippen molar-refractivity contribution in [3.63, 3.8) is 0 Å². The summed E-state index contributed by atoms with van der Waals surface area (Å²) in [7, 11) is 0. The maximum atomic E-state index is 12.2. The van der Waals surface area contributed by atoms with Gasteiger partial charge in [-0.3, -0.25) is 4.79 Å². The molecule has 1 heterocycles. The van der Waals surface area contributed by atoms with Gasteiger partial charge in [0.15, 0.2) is 0 Å². The van der Waals surface area contributed by atoms with E-state index in [0.717, 1.165) is 6.07 Å². The molecule has 3 N–H and O–H groups in total. The molecule has 14 heavy (non-hydrogen) atoms. The third kappa shape index (κ3) is 1.78. The highest BCUT2D eigenvalue weighted by Gasteiger charge is 2.14. The van der Waals surface area contributed by atoms with Crippen LogP contribution < -0.4 is 11.3 Å². The molecule has 1 rings (SSSR count). The lowest BCUT2D eigenvalue weighted by molar-refractivity contribution is 0.149. The highest BCUT2D eigenvalue weighted by molar-refractivity contribution is 5.36. The van der Waals surface area contributed by atoms with E-state index in [-0.39, 0.29) is 17.8 Å². The number of alkyl halides is 2. The SMILES string of the molecule is N#Cc1cc(C(F)F)c(=O)[nH]c1CN. The molecule has 0 saturated carbocycles. The average Bonchev–Trinajstić information content (AvgIpc) is 2.16. The maximum Gasteiger partial charge on any atom is 0.269 e. The van der Waals surface area contributed by atoms with Crippen LogP contribution in [-0.4, -0.2) is 4.98 Å². The summed E-state index contributed by atoms with van der Waals surface area (Å²) in [6, 6.07) is 2.55. The summed E-state index contributed by atoms with van der Waals surface area (Å²) in [5.41, 5.74) is 3.74. The van der Waals surface area contributed by atoms with Crippen LogP contribution in [0.2, 0.25) is 0 Å². The number of rotatable bonds is 2. The van der Waals surface area contributed by atoms with Crippen molar-refractivity contribution in [2.75, 3.05) is 0 Å². The summed E-state index contributed by atoms with van der Waals surface area (Å²) in [5, 5.41) is 8.57. The summed E-state index contributed by atoms with van der Waals surface area (Å²) in [6.07, 6.45) is -2.89. The van der Waals surface area contributed by atoms with Gasteiger partial charge in [-0.15, -0.1) is 0 Å². The van der Waals surface area contributed by atoms with Crippen LogP contribution in [0.1, 0.15) is 23.2 Å². The first-order valence-electron chi connectivity index (χ1n) is 3.74. The number of nitrogens with one attached hydrogen (secondary N) is 1. The van der Waals surface area contributed by atoms with Gasteiger partial charge in [0.2, 0.25) is 0 Å². The van der Waals surface area contributed by atoms with Gasteiger partial charge in [-0.2, -0.15) is 5.26 Å². The first kappa shape index (κ1) is 10.3. The van der Waals surface area contributed by atoms with Gasteiger partial charge in [0.05, 0.1) is 11.1 Å². The van der Waals surface area contributed by atoms with Crippen LogP contribution in [0.4, 0.5) is 8.78 Å². The average molecular weight is 199 g/mol. The van der Waals surface area contributed by atoms with E-state index in [1.54, 1.807) is 6.07 Å². The van der Waals surface area contributed by atoms with E-state index in [9.17, 15) is 13.6 Å². The number of pyridine rings is 1. The topological polar surface area (TPSA) is 82.7 Å². The van der Waals surface area contributed by atoms with Gasteiger partial charge in [0.25, 0.3) is 12.0 Å². The smallest absolute Gasteiger partial charge is 0.269 e. The van der Waals surface area contributed by atoms with Crippen LogP contribution >= 0.6 is 0 Å². The normalized spacial score (nSPS) is 10.2. The largest absolute Gasteiger partial charge is 0.325 e. The lowest BCUT2D eigenvalue weighted by Crippen LogP contribution is -2.18. The maximum absolute atomic E-state index is 12.2. The molecule has 0 unspecified atom stereocenters. The Labute approximate surface area is 78.0 Å². The Hall–Kier alpha value is -1.74. The molecule has 0 fully saturated rings. The lowest BCUT2D eigenvalue weighted by Gasteiger charge is -2.03. The number of nitrogens with zero attached hydrogens (tertiary/aromatic N) is 1.